The quantitative estimate of drug-likeness (QED) is 0.586. The Labute approximate surface area is 107 Å². The predicted octanol–water partition coefficient (Wildman–Crippen LogP) is 2.57. The number of aliphatic hydroxyl groups is 1. The van der Waals surface area contributed by atoms with Crippen LogP contribution in [0.15, 0.2) is 24.3 Å². The fraction of sp³-hybridized carbons (Fsp3) is 0.364. The van der Waals surface area contributed by atoms with Crippen LogP contribution in [0.4, 0.5) is 13.2 Å². The molecule has 0 aliphatic heterocycles. The van der Waals surface area contributed by atoms with E-state index in [1.54, 1.807) is 17.4 Å². The second kappa shape index (κ2) is 5.26. The lowest BCUT2D eigenvalue weighted by molar-refractivity contribution is -0.267. The van der Waals surface area contributed by atoms with Crippen molar-refractivity contribution in [2.24, 2.45) is 0 Å². The van der Waals surface area contributed by atoms with Gasteiger partial charge < -0.3 is 10.5 Å². The van der Waals surface area contributed by atoms with E-state index in [1.165, 1.54) is 12.1 Å². The van der Waals surface area contributed by atoms with Gasteiger partial charge in [-0.15, -0.1) is 0 Å². The summed E-state index contributed by atoms with van der Waals surface area (Å²) in [7, 11) is 0.980. The summed E-state index contributed by atoms with van der Waals surface area (Å²) >= 11 is 5.78. The summed E-state index contributed by atoms with van der Waals surface area (Å²) in [5.74, 6) is 0. The van der Waals surface area contributed by atoms with E-state index in [1.807, 2.05) is 0 Å². The summed E-state index contributed by atoms with van der Waals surface area (Å²) in [6, 6.07) is 6.06. The Morgan fingerprint density at radius 3 is 2.39 bits per heavy atom. The molecular weight excluding hydrogens is 269 g/mol. The van der Waals surface area contributed by atoms with Gasteiger partial charge in [0.2, 0.25) is 5.72 Å². The van der Waals surface area contributed by atoms with Crippen LogP contribution in [0.25, 0.3) is 0 Å². The molecule has 0 spiro atoms. The molecule has 100 valence electrons. The molecule has 1 rings (SSSR count). The molecule has 0 saturated carbocycles. The van der Waals surface area contributed by atoms with Gasteiger partial charge in [-0.05, 0) is 13.1 Å². The first-order chi connectivity index (χ1) is 8.21. The number of halogens is 4. The van der Waals surface area contributed by atoms with Crippen LogP contribution >= 0.6 is 11.6 Å². The number of hydrogen-bond donors (Lipinski definition) is 3. The lowest BCUT2D eigenvalue weighted by atomic mass is 9.99. The molecule has 0 bridgehead atoms. The van der Waals surface area contributed by atoms with Crippen molar-refractivity contribution in [1.29, 1.82) is 5.41 Å². The van der Waals surface area contributed by atoms with Crippen molar-refractivity contribution in [2.75, 3.05) is 7.05 Å². The van der Waals surface area contributed by atoms with Gasteiger partial charge in [0.05, 0.1) is 0 Å². The van der Waals surface area contributed by atoms with Gasteiger partial charge in [0.25, 0.3) is 0 Å². The van der Waals surface area contributed by atoms with Crippen LogP contribution < -0.4 is 5.32 Å². The Morgan fingerprint density at radius 1 is 1.39 bits per heavy atom. The van der Waals surface area contributed by atoms with Crippen molar-refractivity contribution < 1.29 is 18.3 Å². The lowest BCUT2D eigenvalue weighted by Gasteiger charge is -2.30. The highest BCUT2D eigenvalue weighted by Gasteiger charge is 2.53. The summed E-state index contributed by atoms with van der Waals surface area (Å²) in [6.07, 6.45) is -5.80. The molecule has 0 heterocycles. The molecule has 3 nitrogen and oxygen atoms in total. The molecule has 1 unspecified atom stereocenters. The van der Waals surface area contributed by atoms with E-state index >= 15 is 0 Å². The number of hydrogen-bond acceptors (Lipinski definition) is 3. The Kier molecular flexibility index (Phi) is 4.37. The van der Waals surface area contributed by atoms with Crippen molar-refractivity contribution >= 4 is 17.3 Å². The van der Waals surface area contributed by atoms with Gasteiger partial charge in [0.1, 0.15) is 0 Å². The highest BCUT2D eigenvalue weighted by Crippen LogP contribution is 2.32. The summed E-state index contributed by atoms with van der Waals surface area (Å²) in [6.45, 7) is 0. The maximum atomic E-state index is 12.6. The van der Waals surface area contributed by atoms with Gasteiger partial charge in [-0.3, -0.25) is 5.32 Å². The molecule has 0 radical (unpaired) electrons. The van der Waals surface area contributed by atoms with Gasteiger partial charge in [0.15, 0.2) is 0 Å². The average molecular weight is 281 g/mol. The zero-order chi connectivity index (χ0) is 14.0. The first-order valence-electron chi connectivity index (χ1n) is 5.01. The van der Waals surface area contributed by atoms with Crippen molar-refractivity contribution in [3.63, 3.8) is 0 Å². The number of rotatable bonds is 4. The normalized spacial score (nSPS) is 15.2. The Bertz CT molecular complexity index is 450. The molecule has 0 aliphatic rings. The van der Waals surface area contributed by atoms with Crippen LogP contribution in [0.5, 0.6) is 0 Å². The van der Waals surface area contributed by atoms with Gasteiger partial charge >= 0.3 is 6.18 Å². The smallest absolute Gasteiger partial charge is 0.367 e. The van der Waals surface area contributed by atoms with Crippen LogP contribution in [0.3, 0.4) is 0 Å². The average Bonchev–Trinajstić information content (AvgIpc) is 2.27. The summed E-state index contributed by atoms with van der Waals surface area (Å²) in [5, 5.41) is 19.0. The molecule has 7 heteroatoms. The van der Waals surface area contributed by atoms with Crippen LogP contribution in [-0.4, -0.2) is 29.8 Å². The largest absolute Gasteiger partial charge is 0.431 e. The maximum Gasteiger partial charge on any atom is 0.431 e. The van der Waals surface area contributed by atoms with Crippen LogP contribution in [-0.2, 0) is 0 Å². The SMILES string of the molecule is CNC(O)(CC(=N)c1ccccc1Cl)C(F)(F)F. The van der Waals surface area contributed by atoms with Crippen molar-refractivity contribution in [2.45, 2.75) is 18.3 Å². The minimum atomic E-state index is -4.88. The highest BCUT2D eigenvalue weighted by molar-refractivity contribution is 6.34. The van der Waals surface area contributed by atoms with Crippen LogP contribution in [0.1, 0.15) is 12.0 Å². The first-order valence-corrected chi connectivity index (χ1v) is 5.39. The van der Waals surface area contributed by atoms with E-state index in [9.17, 15) is 18.3 Å². The molecule has 18 heavy (non-hydrogen) atoms. The molecule has 1 atom stereocenters. The van der Waals surface area contributed by atoms with Crippen LogP contribution in [0.2, 0.25) is 5.02 Å². The minimum Gasteiger partial charge on any atom is -0.367 e. The van der Waals surface area contributed by atoms with Gasteiger partial charge in [-0.1, -0.05) is 29.8 Å². The fourth-order valence-electron chi connectivity index (χ4n) is 1.39. The summed E-state index contributed by atoms with van der Waals surface area (Å²) in [5.41, 5.74) is -3.37. The molecule has 3 N–H and O–H groups in total. The third-order valence-corrected chi connectivity index (χ3v) is 2.84. The van der Waals surface area contributed by atoms with E-state index in [4.69, 9.17) is 17.0 Å². The van der Waals surface area contributed by atoms with E-state index in [0.717, 1.165) is 7.05 Å². The third-order valence-electron chi connectivity index (χ3n) is 2.51. The number of nitrogens with one attached hydrogen (secondary N) is 2. The molecule has 1 aromatic carbocycles. The predicted molar refractivity (Wildman–Crippen MR) is 63.0 cm³/mol. The van der Waals surface area contributed by atoms with E-state index in [-0.39, 0.29) is 10.6 Å². The minimum absolute atomic E-state index is 0.164. The number of alkyl halides is 3. The molecule has 1 aromatic rings. The standard InChI is InChI=1S/C11H12ClF3N2O/c1-17-10(18,11(13,14)15)6-9(16)7-4-2-3-5-8(7)12/h2-5,16-18H,6H2,1H3. The summed E-state index contributed by atoms with van der Waals surface area (Å²) in [4.78, 5) is 0. The first kappa shape index (κ1) is 14.9. The van der Waals surface area contributed by atoms with E-state index in [2.05, 4.69) is 0 Å². The molecule has 0 aromatic heterocycles. The molecule has 0 saturated heterocycles. The summed E-state index contributed by atoms with van der Waals surface area (Å²) < 4.78 is 37.9. The van der Waals surface area contributed by atoms with E-state index < -0.39 is 24.0 Å². The maximum absolute atomic E-state index is 12.6. The second-order valence-electron chi connectivity index (χ2n) is 3.74. The monoisotopic (exact) mass is 280 g/mol. The molecule has 0 aliphatic carbocycles. The third kappa shape index (κ3) is 3.01. The Hall–Kier alpha value is -1.11. The van der Waals surface area contributed by atoms with Gasteiger partial charge in [0, 0.05) is 22.7 Å². The molecular formula is C11H12ClF3N2O. The van der Waals surface area contributed by atoms with Crippen molar-refractivity contribution in [1.82, 2.24) is 5.32 Å². The molecule has 0 amide bonds. The Morgan fingerprint density at radius 2 is 1.94 bits per heavy atom. The van der Waals surface area contributed by atoms with E-state index in [0.29, 0.717) is 0 Å². The van der Waals surface area contributed by atoms with Crippen molar-refractivity contribution in [3.05, 3.63) is 34.9 Å². The second-order valence-corrected chi connectivity index (χ2v) is 4.15. The van der Waals surface area contributed by atoms with Crippen LogP contribution in [0, 0.1) is 5.41 Å². The van der Waals surface area contributed by atoms with Gasteiger partial charge in [-0.25, -0.2) is 0 Å². The number of benzene rings is 1. The topological polar surface area (TPSA) is 56.1 Å². The lowest BCUT2D eigenvalue weighted by Crippen LogP contribution is -2.56. The highest BCUT2D eigenvalue weighted by atomic mass is 35.5. The fourth-order valence-corrected chi connectivity index (χ4v) is 1.64. The Balaban J connectivity index is 2.98. The van der Waals surface area contributed by atoms with Gasteiger partial charge in [-0.2, -0.15) is 13.2 Å². The zero-order valence-corrected chi connectivity index (χ0v) is 10.2. The molecule has 0 fully saturated rings. The zero-order valence-electron chi connectivity index (χ0n) is 9.48. The van der Waals surface area contributed by atoms with Crippen molar-refractivity contribution in [3.8, 4) is 0 Å².